The van der Waals surface area contributed by atoms with Gasteiger partial charge in [-0.1, -0.05) is 37.3 Å². The van der Waals surface area contributed by atoms with E-state index in [1.807, 2.05) is 30.3 Å². The summed E-state index contributed by atoms with van der Waals surface area (Å²) in [6.45, 7) is 2.95. The van der Waals surface area contributed by atoms with Crippen molar-refractivity contribution >= 4 is 10.9 Å². The van der Waals surface area contributed by atoms with Gasteiger partial charge >= 0.3 is 0 Å². The van der Waals surface area contributed by atoms with Crippen molar-refractivity contribution in [2.45, 2.75) is 26.4 Å². The number of aliphatic hydroxyl groups is 1. The van der Waals surface area contributed by atoms with Crippen molar-refractivity contribution in [2.75, 3.05) is 6.61 Å². The highest BCUT2D eigenvalue weighted by Gasteiger charge is 2.19. The smallest absolute Gasteiger partial charge is 0.214 e. The van der Waals surface area contributed by atoms with Gasteiger partial charge in [0.1, 0.15) is 0 Å². The summed E-state index contributed by atoms with van der Waals surface area (Å²) in [5.41, 5.74) is 1.74. The quantitative estimate of drug-likeness (QED) is 0.870. The molecule has 0 aliphatic heterocycles. The molecule has 0 radical (unpaired) electrons. The number of allylic oxidation sites excluding steroid dienone is 2. The van der Waals surface area contributed by atoms with Crippen LogP contribution in [0.1, 0.15) is 25.3 Å². The first-order valence-corrected chi connectivity index (χ1v) is 7.55. The highest BCUT2D eigenvalue weighted by Crippen LogP contribution is 2.27. The van der Waals surface area contributed by atoms with E-state index in [0.29, 0.717) is 24.3 Å². The Balaban J connectivity index is 1.79. The first kappa shape index (κ1) is 14.1. The number of para-hydroxylation sites is 1. The second-order valence-electron chi connectivity index (χ2n) is 5.79. The maximum absolute atomic E-state index is 9.53. The average molecular weight is 283 g/mol. The van der Waals surface area contributed by atoms with Crippen LogP contribution in [0.3, 0.4) is 0 Å². The molecule has 1 N–H and O–H groups in total. The SMILES string of the molecule is CC1CC=CCC1COc1cc(CO)c2ccccc2n1. The van der Waals surface area contributed by atoms with Crippen LogP contribution in [0.2, 0.25) is 0 Å². The number of aromatic nitrogens is 1. The van der Waals surface area contributed by atoms with Crippen molar-refractivity contribution < 1.29 is 9.84 Å². The Labute approximate surface area is 125 Å². The largest absolute Gasteiger partial charge is 0.477 e. The number of rotatable bonds is 4. The highest BCUT2D eigenvalue weighted by atomic mass is 16.5. The molecule has 1 aromatic heterocycles. The van der Waals surface area contributed by atoms with Crippen LogP contribution in [0.25, 0.3) is 10.9 Å². The Morgan fingerprint density at radius 1 is 1.24 bits per heavy atom. The monoisotopic (exact) mass is 283 g/mol. The van der Waals surface area contributed by atoms with Crippen LogP contribution < -0.4 is 4.74 Å². The van der Waals surface area contributed by atoms with Crippen molar-refractivity contribution in [3.05, 3.63) is 48.0 Å². The van der Waals surface area contributed by atoms with Gasteiger partial charge in [-0.05, 0) is 36.3 Å². The van der Waals surface area contributed by atoms with Crippen molar-refractivity contribution in [1.29, 1.82) is 0 Å². The summed E-state index contributed by atoms with van der Waals surface area (Å²) in [5, 5.41) is 10.5. The minimum atomic E-state index is 0.00195. The van der Waals surface area contributed by atoms with Crippen molar-refractivity contribution in [3.8, 4) is 5.88 Å². The lowest BCUT2D eigenvalue weighted by atomic mass is 9.85. The first-order valence-electron chi connectivity index (χ1n) is 7.55. The number of benzene rings is 1. The molecule has 1 heterocycles. The van der Waals surface area contributed by atoms with Crippen molar-refractivity contribution in [2.24, 2.45) is 11.8 Å². The van der Waals surface area contributed by atoms with E-state index in [4.69, 9.17) is 4.74 Å². The van der Waals surface area contributed by atoms with Crippen LogP contribution in [-0.4, -0.2) is 16.7 Å². The van der Waals surface area contributed by atoms with Gasteiger partial charge in [0.05, 0.1) is 18.7 Å². The number of hydrogen-bond acceptors (Lipinski definition) is 3. The molecule has 1 aliphatic carbocycles. The minimum Gasteiger partial charge on any atom is -0.477 e. The van der Waals surface area contributed by atoms with Gasteiger partial charge in [0.25, 0.3) is 0 Å². The third-order valence-electron chi connectivity index (χ3n) is 4.31. The van der Waals surface area contributed by atoms with E-state index >= 15 is 0 Å². The lowest BCUT2D eigenvalue weighted by molar-refractivity contribution is 0.192. The molecule has 21 heavy (non-hydrogen) atoms. The number of pyridine rings is 1. The zero-order valence-electron chi connectivity index (χ0n) is 12.3. The molecular formula is C18H21NO2. The minimum absolute atomic E-state index is 0.00195. The Hall–Kier alpha value is -1.87. The van der Waals surface area contributed by atoms with Gasteiger partial charge in [0.15, 0.2) is 0 Å². The van der Waals surface area contributed by atoms with E-state index < -0.39 is 0 Å². The summed E-state index contributed by atoms with van der Waals surface area (Å²) < 4.78 is 5.91. The van der Waals surface area contributed by atoms with Gasteiger partial charge in [0, 0.05) is 11.5 Å². The van der Waals surface area contributed by atoms with E-state index in [1.165, 1.54) is 0 Å². The molecule has 2 atom stereocenters. The van der Waals surface area contributed by atoms with Gasteiger partial charge in [0.2, 0.25) is 5.88 Å². The Bertz CT molecular complexity index is 651. The molecule has 0 spiro atoms. The topological polar surface area (TPSA) is 42.4 Å². The number of hydrogen-bond donors (Lipinski definition) is 1. The lowest BCUT2D eigenvalue weighted by Crippen LogP contribution is -2.21. The molecule has 0 saturated carbocycles. The fraction of sp³-hybridized carbons (Fsp3) is 0.389. The summed E-state index contributed by atoms with van der Waals surface area (Å²) in [4.78, 5) is 4.54. The van der Waals surface area contributed by atoms with E-state index in [0.717, 1.165) is 29.3 Å². The molecule has 0 saturated heterocycles. The molecule has 110 valence electrons. The molecule has 3 heteroatoms. The van der Waals surface area contributed by atoms with E-state index in [2.05, 4.69) is 24.1 Å². The maximum Gasteiger partial charge on any atom is 0.214 e. The van der Waals surface area contributed by atoms with E-state index in [9.17, 15) is 5.11 Å². The Morgan fingerprint density at radius 2 is 2.05 bits per heavy atom. The van der Waals surface area contributed by atoms with Crippen LogP contribution in [0.15, 0.2) is 42.5 Å². The molecule has 1 aliphatic rings. The molecule has 0 bridgehead atoms. The summed E-state index contributed by atoms with van der Waals surface area (Å²) in [6, 6.07) is 9.69. The number of aliphatic hydroxyl groups excluding tert-OH is 1. The predicted molar refractivity (Wildman–Crippen MR) is 84.2 cm³/mol. The predicted octanol–water partition coefficient (Wildman–Crippen LogP) is 3.71. The van der Waals surface area contributed by atoms with Gasteiger partial charge in [-0.25, -0.2) is 4.98 Å². The van der Waals surface area contributed by atoms with Crippen LogP contribution in [0, 0.1) is 11.8 Å². The molecule has 0 fully saturated rings. The summed E-state index contributed by atoms with van der Waals surface area (Å²) >= 11 is 0. The van der Waals surface area contributed by atoms with E-state index in [1.54, 1.807) is 0 Å². The molecule has 1 aromatic carbocycles. The summed E-state index contributed by atoms with van der Waals surface area (Å²) in [7, 11) is 0. The third-order valence-corrected chi connectivity index (χ3v) is 4.31. The standard InChI is InChI=1S/C18H21NO2/c1-13-6-2-3-7-14(13)12-21-18-10-15(11-20)16-8-4-5-9-17(16)19-18/h2-5,8-10,13-14,20H,6-7,11-12H2,1H3. The van der Waals surface area contributed by atoms with E-state index in [-0.39, 0.29) is 6.61 Å². The van der Waals surface area contributed by atoms with Gasteiger partial charge in [-0.15, -0.1) is 0 Å². The van der Waals surface area contributed by atoms with Crippen LogP contribution in [0.4, 0.5) is 0 Å². The van der Waals surface area contributed by atoms with Crippen molar-refractivity contribution in [3.63, 3.8) is 0 Å². The third kappa shape index (κ3) is 3.08. The summed E-state index contributed by atoms with van der Waals surface area (Å²) in [5.74, 6) is 1.80. The Kier molecular flexibility index (Phi) is 4.20. The fourth-order valence-electron chi connectivity index (χ4n) is 2.86. The van der Waals surface area contributed by atoms with Gasteiger partial charge < -0.3 is 9.84 Å². The van der Waals surface area contributed by atoms with Gasteiger partial charge in [-0.2, -0.15) is 0 Å². The molecule has 3 rings (SSSR count). The molecule has 2 aromatic rings. The van der Waals surface area contributed by atoms with Crippen LogP contribution >= 0.6 is 0 Å². The maximum atomic E-state index is 9.53. The highest BCUT2D eigenvalue weighted by molar-refractivity contribution is 5.82. The van der Waals surface area contributed by atoms with Crippen molar-refractivity contribution in [1.82, 2.24) is 4.98 Å². The molecule has 0 amide bonds. The fourth-order valence-corrected chi connectivity index (χ4v) is 2.86. The second kappa shape index (κ2) is 6.27. The molecule has 3 nitrogen and oxygen atoms in total. The summed E-state index contributed by atoms with van der Waals surface area (Å²) in [6.07, 6.45) is 6.68. The normalized spacial score (nSPS) is 21.6. The molecule has 2 unspecified atom stereocenters. The average Bonchev–Trinajstić information content (AvgIpc) is 2.53. The first-order chi connectivity index (χ1) is 10.3. The van der Waals surface area contributed by atoms with Gasteiger partial charge in [-0.3, -0.25) is 0 Å². The molecular weight excluding hydrogens is 262 g/mol. The second-order valence-corrected chi connectivity index (χ2v) is 5.79. The van der Waals surface area contributed by atoms with Crippen LogP contribution in [0.5, 0.6) is 5.88 Å². The van der Waals surface area contributed by atoms with Crippen LogP contribution in [-0.2, 0) is 6.61 Å². The lowest BCUT2D eigenvalue weighted by Gasteiger charge is -2.25. The number of fused-ring (bicyclic) bond motifs is 1. The number of ether oxygens (including phenoxy) is 1. The number of nitrogens with zero attached hydrogens (tertiary/aromatic N) is 1. The zero-order valence-corrected chi connectivity index (χ0v) is 12.3. The zero-order chi connectivity index (χ0) is 14.7. The Morgan fingerprint density at radius 3 is 2.86 bits per heavy atom.